The Balaban J connectivity index is 1.67. The maximum atomic E-state index is 13.2. The van der Waals surface area contributed by atoms with Crippen molar-refractivity contribution in [3.63, 3.8) is 0 Å². The molecule has 6 nitrogen and oxygen atoms in total. The van der Waals surface area contributed by atoms with Crippen LogP contribution in [0.4, 0.5) is 10.5 Å². The Kier molecular flexibility index (Phi) is 7.93. The van der Waals surface area contributed by atoms with E-state index in [0.29, 0.717) is 18.8 Å². The fourth-order valence-corrected chi connectivity index (χ4v) is 4.05. The Labute approximate surface area is 185 Å². The molecule has 0 fully saturated rings. The SMILES string of the molecule is CCCCCN(CC(=O)N1CCc2ccccc2C1C)C(=O)Nc1ccc(OC)cc1. The van der Waals surface area contributed by atoms with E-state index < -0.39 is 0 Å². The number of rotatable bonds is 8. The molecule has 1 aliphatic rings. The summed E-state index contributed by atoms with van der Waals surface area (Å²) in [5.41, 5.74) is 3.18. The van der Waals surface area contributed by atoms with Crippen molar-refractivity contribution in [1.29, 1.82) is 0 Å². The van der Waals surface area contributed by atoms with Gasteiger partial charge in [-0.1, -0.05) is 44.0 Å². The molecule has 0 radical (unpaired) electrons. The Morgan fingerprint density at radius 3 is 2.58 bits per heavy atom. The lowest BCUT2D eigenvalue weighted by atomic mass is 9.93. The van der Waals surface area contributed by atoms with Crippen LogP contribution in [0.5, 0.6) is 5.75 Å². The van der Waals surface area contributed by atoms with Crippen LogP contribution in [-0.4, -0.2) is 48.5 Å². The lowest BCUT2D eigenvalue weighted by Crippen LogP contribution is -2.47. The molecule has 3 amide bonds. The van der Waals surface area contributed by atoms with Crippen molar-refractivity contribution in [2.75, 3.05) is 32.1 Å². The number of hydrogen-bond donors (Lipinski definition) is 1. The number of ether oxygens (including phenoxy) is 1. The second-order valence-electron chi connectivity index (χ2n) is 8.00. The van der Waals surface area contributed by atoms with Crippen LogP contribution in [0.3, 0.4) is 0 Å². The maximum Gasteiger partial charge on any atom is 0.322 e. The highest BCUT2D eigenvalue weighted by atomic mass is 16.5. The van der Waals surface area contributed by atoms with E-state index in [1.54, 1.807) is 36.3 Å². The number of unbranched alkanes of at least 4 members (excludes halogenated alkanes) is 2. The topological polar surface area (TPSA) is 61.9 Å². The second kappa shape index (κ2) is 10.8. The molecular weight excluding hydrogens is 390 g/mol. The van der Waals surface area contributed by atoms with E-state index in [9.17, 15) is 9.59 Å². The average Bonchev–Trinajstić information content (AvgIpc) is 2.79. The number of methoxy groups -OCH3 is 1. The largest absolute Gasteiger partial charge is 0.497 e. The van der Waals surface area contributed by atoms with Gasteiger partial charge in [0.15, 0.2) is 0 Å². The molecule has 1 atom stereocenters. The van der Waals surface area contributed by atoms with Gasteiger partial charge < -0.3 is 19.9 Å². The summed E-state index contributed by atoms with van der Waals surface area (Å²) in [7, 11) is 1.61. The third kappa shape index (κ3) is 5.78. The minimum atomic E-state index is -0.250. The van der Waals surface area contributed by atoms with Gasteiger partial charge in [0.1, 0.15) is 12.3 Å². The zero-order valence-corrected chi connectivity index (χ0v) is 18.8. The summed E-state index contributed by atoms with van der Waals surface area (Å²) in [5, 5.41) is 2.92. The predicted molar refractivity (Wildman–Crippen MR) is 123 cm³/mol. The van der Waals surface area contributed by atoms with E-state index in [2.05, 4.69) is 31.3 Å². The smallest absolute Gasteiger partial charge is 0.322 e. The molecule has 0 bridgehead atoms. The molecule has 2 aromatic carbocycles. The number of hydrogen-bond acceptors (Lipinski definition) is 3. The van der Waals surface area contributed by atoms with Gasteiger partial charge in [0.25, 0.3) is 0 Å². The van der Waals surface area contributed by atoms with Crippen LogP contribution < -0.4 is 10.1 Å². The number of carbonyl (C=O) groups is 2. The number of fused-ring (bicyclic) bond motifs is 1. The van der Waals surface area contributed by atoms with Crippen molar-refractivity contribution in [2.24, 2.45) is 0 Å². The monoisotopic (exact) mass is 423 g/mol. The van der Waals surface area contributed by atoms with Crippen molar-refractivity contribution in [3.05, 3.63) is 59.7 Å². The lowest BCUT2D eigenvalue weighted by Gasteiger charge is -2.36. The van der Waals surface area contributed by atoms with Gasteiger partial charge in [-0.05, 0) is 55.2 Å². The fourth-order valence-electron chi connectivity index (χ4n) is 4.05. The molecule has 0 spiro atoms. The first-order chi connectivity index (χ1) is 15.0. The van der Waals surface area contributed by atoms with Crippen LogP contribution in [0.1, 0.15) is 50.3 Å². The van der Waals surface area contributed by atoms with E-state index in [1.807, 2.05) is 17.0 Å². The number of nitrogens with zero attached hydrogens (tertiary/aromatic N) is 2. The minimum Gasteiger partial charge on any atom is -0.497 e. The van der Waals surface area contributed by atoms with Crippen LogP contribution >= 0.6 is 0 Å². The van der Waals surface area contributed by atoms with Crippen LogP contribution in [0.15, 0.2) is 48.5 Å². The molecule has 0 aromatic heterocycles. The molecular formula is C25H33N3O3. The summed E-state index contributed by atoms with van der Waals surface area (Å²) in [6, 6.07) is 15.2. The average molecular weight is 424 g/mol. The fraction of sp³-hybridized carbons (Fsp3) is 0.440. The first kappa shape index (κ1) is 22.7. The van der Waals surface area contributed by atoms with E-state index in [1.165, 1.54) is 11.1 Å². The molecule has 31 heavy (non-hydrogen) atoms. The predicted octanol–water partition coefficient (Wildman–Crippen LogP) is 4.87. The van der Waals surface area contributed by atoms with Gasteiger partial charge in [-0.15, -0.1) is 0 Å². The molecule has 0 saturated heterocycles. The van der Waals surface area contributed by atoms with Crippen molar-refractivity contribution in [3.8, 4) is 5.75 Å². The zero-order chi connectivity index (χ0) is 22.2. The maximum absolute atomic E-state index is 13.2. The van der Waals surface area contributed by atoms with Gasteiger partial charge in [-0.2, -0.15) is 0 Å². The summed E-state index contributed by atoms with van der Waals surface area (Å²) in [4.78, 5) is 29.7. The highest BCUT2D eigenvalue weighted by molar-refractivity contribution is 5.92. The third-order valence-electron chi connectivity index (χ3n) is 5.90. The number of amides is 3. The summed E-state index contributed by atoms with van der Waals surface area (Å²) in [6.07, 6.45) is 3.80. The van der Waals surface area contributed by atoms with Crippen molar-refractivity contribution < 1.29 is 14.3 Å². The van der Waals surface area contributed by atoms with Gasteiger partial charge in [0, 0.05) is 18.8 Å². The number of benzene rings is 2. The molecule has 1 unspecified atom stereocenters. The first-order valence-corrected chi connectivity index (χ1v) is 11.1. The minimum absolute atomic E-state index is 0.0108. The summed E-state index contributed by atoms with van der Waals surface area (Å²) < 4.78 is 5.17. The zero-order valence-electron chi connectivity index (χ0n) is 18.8. The van der Waals surface area contributed by atoms with Gasteiger partial charge in [0.2, 0.25) is 5.91 Å². The highest BCUT2D eigenvalue weighted by Crippen LogP contribution is 2.29. The molecule has 166 valence electrons. The molecule has 1 aliphatic heterocycles. The van der Waals surface area contributed by atoms with Crippen LogP contribution in [0.25, 0.3) is 0 Å². The standard InChI is InChI=1S/C25H33N3O3/c1-4-5-8-16-27(25(30)26-21-11-13-22(31-3)14-12-21)18-24(29)28-17-15-20-9-6-7-10-23(20)19(28)2/h6-7,9-14,19H,4-5,8,15-18H2,1-3H3,(H,26,30). The van der Waals surface area contributed by atoms with E-state index in [-0.39, 0.29) is 24.5 Å². The molecule has 6 heteroatoms. The van der Waals surface area contributed by atoms with E-state index in [0.717, 1.165) is 31.4 Å². The van der Waals surface area contributed by atoms with Gasteiger partial charge in [0.05, 0.1) is 13.2 Å². The molecule has 1 N–H and O–H groups in total. The van der Waals surface area contributed by atoms with E-state index >= 15 is 0 Å². The van der Waals surface area contributed by atoms with Crippen LogP contribution in [-0.2, 0) is 11.2 Å². The molecule has 0 saturated carbocycles. The number of carbonyl (C=O) groups excluding carboxylic acids is 2. The van der Waals surface area contributed by atoms with Crippen LogP contribution in [0, 0.1) is 0 Å². The van der Waals surface area contributed by atoms with Crippen molar-refractivity contribution in [1.82, 2.24) is 9.80 Å². The molecule has 1 heterocycles. The first-order valence-electron chi connectivity index (χ1n) is 11.1. The molecule has 2 aromatic rings. The quantitative estimate of drug-likeness (QED) is 0.617. The number of anilines is 1. The Hall–Kier alpha value is -3.02. The summed E-state index contributed by atoms with van der Waals surface area (Å²) >= 11 is 0. The van der Waals surface area contributed by atoms with Gasteiger partial charge >= 0.3 is 6.03 Å². The van der Waals surface area contributed by atoms with Gasteiger partial charge in [-0.25, -0.2) is 4.79 Å². The molecule has 0 aliphatic carbocycles. The Bertz CT molecular complexity index is 882. The third-order valence-corrected chi connectivity index (χ3v) is 5.90. The lowest BCUT2D eigenvalue weighted by molar-refractivity contribution is -0.134. The molecule has 3 rings (SSSR count). The van der Waals surface area contributed by atoms with E-state index in [4.69, 9.17) is 4.74 Å². The highest BCUT2D eigenvalue weighted by Gasteiger charge is 2.29. The number of nitrogens with one attached hydrogen (secondary N) is 1. The normalized spacial score (nSPS) is 15.2. The van der Waals surface area contributed by atoms with Gasteiger partial charge in [-0.3, -0.25) is 4.79 Å². The Morgan fingerprint density at radius 1 is 1.13 bits per heavy atom. The second-order valence-corrected chi connectivity index (χ2v) is 8.00. The van der Waals surface area contributed by atoms with Crippen molar-refractivity contribution in [2.45, 2.75) is 45.6 Å². The summed E-state index contributed by atoms with van der Waals surface area (Å²) in [6.45, 7) is 5.51. The Morgan fingerprint density at radius 2 is 1.87 bits per heavy atom. The summed E-state index contributed by atoms with van der Waals surface area (Å²) in [5.74, 6) is 0.718. The van der Waals surface area contributed by atoms with Crippen molar-refractivity contribution >= 4 is 17.6 Å². The number of urea groups is 1. The van der Waals surface area contributed by atoms with Crippen LogP contribution in [0.2, 0.25) is 0 Å².